The molecule has 0 bridgehead atoms. The number of likely N-dealkylation sites (N-methyl/N-ethyl adjacent to an activating group) is 1. The molecule has 0 aliphatic heterocycles. The first-order chi connectivity index (χ1) is 13.1. The zero-order valence-corrected chi connectivity index (χ0v) is 15.5. The lowest BCUT2D eigenvalue weighted by molar-refractivity contribution is 0.195. The van der Waals surface area contributed by atoms with Gasteiger partial charge in [-0.1, -0.05) is 24.3 Å². The van der Waals surface area contributed by atoms with E-state index in [0.717, 1.165) is 22.7 Å². The molecule has 3 rings (SSSR count). The van der Waals surface area contributed by atoms with Crippen LogP contribution < -0.4 is 10.1 Å². The van der Waals surface area contributed by atoms with Crippen molar-refractivity contribution < 1.29 is 9.53 Å². The molecule has 0 spiro atoms. The van der Waals surface area contributed by atoms with E-state index in [0.29, 0.717) is 19.7 Å². The van der Waals surface area contributed by atoms with Gasteiger partial charge >= 0.3 is 6.03 Å². The number of hydrogen-bond acceptors (Lipinski definition) is 4. The number of pyridine rings is 1. The Morgan fingerprint density at radius 3 is 2.78 bits per heavy atom. The number of nitrogens with one attached hydrogen (secondary N) is 1. The van der Waals surface area contributed by atoms with E-state index in [1.807, 2.05) is 55.6 Å². The van der Waals surface area contributed by atoms with Gasteiger partial charge in [0.1, 0.15) is 12.4 Å². The number of amides is 2. The predicted molar refractivity (Wildman–Crippen MR) is 103 cm³/mol. The van der Waals surface area contributed by atoms with E-state index in [1.165, 1.54) is 0 Å². The van der Waals surface area contributed by atoms with Crippen LogP contribution in [-0.4, -0.2) is 45.9 Å². The summed E-state index contributed by atoms with van der Waals surface area (Å²) in [5, 5.41) is 7.02. The average molecular weight is 365 g/mol. The number of para-hydroxylation sites is 1. The molecule has 2 aromatic heterocycles. The Kier molecular flexibility index (Phi) is 6.04. The molecule has 1 N–H and O–H groups in total. The Labute approximate surface area is 158 Å². The second kappa shape index (κ2) is 8.84. The van der Waals surface area contributed by atoms with Crippen LogP contribution in [0.2, 0.25) is 0 Å². The van der Waals surface area contributed by atoms with E-state index in [1.54, 1.807) is 29.0 Å². The Morgan fingerprint density at radius 2 is 2.07 bits per heavy atom. The van der Waals surface area contributed by atoms with Crippen LogP contribution in [0.4, 0.5) is 4.79 Å². The number of carbonyl (C=O) groups excluding carboxylic acids is 1. The Bertz CT molecular complexity index is 862. The molecule has 0 saturated carbocycles. The van der Waals surface area contributed by atoms with Crippen molar-refractivity contribution in [3.63, 3.8) is 0 Å². The van der Waals surface area contributed by atoms with Crippen molar-refractivity contribution in [1.82, 2.24) is 25.0 Å². The normalized spacial score (nSPS) is 10.4. The monoisotopic (exact) mass is 365 g/mol. The fourth-order valence-corrected chi connectivity index (χ4v) is 2.49. The summed E-state index contributed by atoms with van der Waals surface area (Å²) in [4.78, 5) is 18.2. The fraction of sp³-hybridized carbons (Fsp3) is 0.250. The smallest absolute Gasteiger partial charge is 0.317 e. The molecule has 0 aliphatic carbocycles. The van der Waals surface area contributed by atoms with Crippen molar-refractivity contribution in [2.24, 2.45) is 0 Å². The van der Waals surface area contributed by atoms with Gasteiger partial charge in [-0.2, -0.15) is 5.10 Å². The van der Waals surface area contributed by atoms with Gasteiger partial charge in [0.2, 0.25) is 0 Å². The number of aromatic nitrogens is 3. The second-order valence-electron chi connectivity index (χ2n) is 6.17. The van der Waals surface area contributed by atoms with Crippen LogP contribution in [0.3, 0.4) is 0 Å². The maximum Gasteiger partial charge on any atom is 0.317 e. The lowest BCUT2D eigenvalue weighted by Crippen LogP contribution is -2.39. The van der Waals surface area contributed by atoms with Gasteiger partial charge < -0.3 is 15.0 Å². The van der Waals surface area contributed by atoms with Crippen LogP contribution >= 0.6 is 0 Å². The molecule has 2 amide bonds. The van der Waals surface area contributed by atoms with Gasteiger partial charge in [-0.3, -0.25) is 0 Å². The van der Waals surface area contributed by atoms with Crippen molar-refractivity contribution in [3.05, 3.63) is 72.2 Å². The summed E-state index contributed by atoms with van der Waals surface area (Å²) in [6.45, 7) is 3.34. The number of urea groups is 1. The molecule has 7 heteroatoms. The van der Waals surface area contributed by atoms with Crippen LogP contribution in [0.25, 0.3) is 5.82 Å². The van der Waals surface area contributed by atoms with Gasteiger partial charge in [0.25, 0.3) is 0 Å². The molecule has 7 nitrogen and oxygen atoms in total. The molecule has 0 saturated heterocycles. The van der Waals surface area contributed by atoms with Crippen LogP contribution in [0.15, 0.2) is 61.1 Å². The summed E-state index contributed by atoms with van der Waals surface area (Å²) < 4.78 is 7.41. The SMILES string of the molecule is Cc1ccccc1OCCN(C)C(=O)NCc1ccc(-n2cccn2)nc1. The van der Waals surface area contributed by atoms with E-state index in [2.05, 4.69) is 15.4 Å². The highest BCUT2D eigenvalue weighted by atomic mass is 16.5. The first-order valence-corrected chi connectivity index (χ1v) is 8.76. The Morgan fingerprint density at radius 1 is 1.22 bits per heavy atom. The van der Waals surface area contributed by atoms with E-state index in [9.17, 15) is 4.79 Å². The standard InChI is InChI=1S/C20H23N5O2/c1-16-6-3-4-7-18(16)27-13-12-24(2)20(26)22-15-17-8-9-19(21-14-17)25-11-5-10-23-25/h3-11,14H,12-13,15H2,1-2H3,(H,22,26). The number of aryl methyl sites for hydroxylation is 1. The minimum atomic E-state index is -0.153. The molecule has 0 unspecified atom stereocenters. The highest BCUT2D eigenvalue weighted by Gasteiger charge is 2.09. The molecule has 2 heterocycles. The third-order valence-corrected chi connectivity index (χ3v) is 4.12. The van der Waals surface area contributed by atoms with Crippen LogP contribution in [0, 0.1) is 6.92 Å². The van der Waals surface area contributed by atoms with Gasteiger partial charge in [0.05, 0.1) is 6.54 Å². The molecular formula is C20H23N5O2. The van der Waals surface area contributed by atoms with Crippen molar-refractivity contribution >= 4 is 6.03 Å². The highest BCUT2D eigenvalue weighted by Crippen LogP contribution is 2.15. The largest absolute Gasteiger partial charge is 0.491 e. The molecule has 0 aliphatic rings. The van der Waals surface area contributed by atoms with E-state index in [-0.39, 0.29) is 6.03 Å². The maximum atomic E-state index is 12.2. The maximum absolute atomic E-state index is 12.2. The summed E-state index contributed by atoms with van der Waals surface area (Å²) in [5.41, 5.74) is 2.00. The summed E-state index contributed by atoms with van der Waals surface area (Å²) in [6.07, 6.45) is 5.27. The van der Waals surface area contributed by atoms with E-state index >= 15 is 0 Å². The fourth-order valence-electron chi connectivity index (χ4n) is 2.49. The van der Waals surface area contributed by atoms with Crippen molar-refractivity contribution in [2.45, 2.75) is 13.5 Å². The minimum Gasteiger partial charge on any atom is -0.491 e. The Balaban J connectivity index is 1.42. The lowest BCUT2D eigenvalue weighted by Gasteiger charge is -2.18. The van der Waals surface area contributed by atoms with E-state index in [4.69, 9.17) is 4.74 Å². The van der Waals surface area contributed by atoms with Crippen molar-refractivity contribution in [3.8, 4) is 11.6 Å². The average Bonchev–Trinajstić information content (AvgIpc) is 3.22. The topological polar surface area (TPSA) is 72.3 Å². The molecule has 1 aromatic carbocycles. The molecule has 27 heavy (non-hydrogen) atoms. The number of hydrogen-bond donors (Lipinski definition) is 1. The predicted octanol–water partition coefficient (Wildman–Crippen LogP) is 2.80. The summed E-state index contributed by atoms with van der Waals surface area (Å²) in [5.74, 6) is 1.58. The van der Waals surface area contributed by atoms with Crippen molar-refractivity contribution in [2.75, 3.05) is 20.2 Å². The summed E-state index contributed by atoms with van der Waals surface area (Å²) >= 11 is 0. The van der Waals surface area contributed by atoms with Crippen LogP contribution in [-0.2, 0) is 6.54 Å². The number of nitrogens with zero attached hydrogens (tertiary/aromatic N) is 4. The van der Waals surface area contributed by atoms with Gasteiger partial charge in [-0.15, -0.1) is 0 Å². The number of ether oxygens (including phenoxy) is 1. The van der Waals surface area contributed by atoms with Gasteiger partial charge in [0, 0.05) is 32.2 Å². The first kappa shape index (κ1) is 18.4. The van der Waals surface area contributed by atoms with Gasteiger partial charge in [-0.25, -0.2) is 14.5 Å². The third-order valence-electron chi connectivity index (χ3n) is 4.12. The molecule has 0 atom stereocenters. The second-order valence-corrected chi connectivity index (χ2v) is 6.17. The highest BCUT2D eigenvalue weighted by molar-refractivity contribution is 5.73. The quantitative estimate of drug-likeness (QED) is 0.699. The summed E-state index contributed by atoms with van der Waals surface area (Å²) in [7, 11) is 1.75. The number of rotatable bonds is 7. The minimum absolute atomic E-state index is 0.153. The van der Waals surface area contributed by atoms with E-state index < -0.39 is 0 Å². The Hall–Kier alpha value is -3.35. The third kappa shape index (κ3) is 5.07. The van der Waals surface area contributed by atoms with Gasteiger partial charge in [-0.05, 0) is 36.2 Å². The zero-order chi connectivity index (χ0) is 19.1. The molecule has 140 valence electrons. The summed E-state index contributed by atoms with van der Waals surface area (Å²) in [6, 6.07) is 13.3. The van der Waals surface area contributed by atoms with Gasteiger partial charge in [0.15, 0.2) is 5.82 Å². The molecule has 0 radical (unpaired) electrons. The lowest BCUT2D eigenvalue weighted by atomic mass is 10.2. The molecule has 0 fully saturated rings. The van der Waals surface area contributed by atoms with Crippen LogP contribution in [0.5, 0.6) is 5.75 Å². The number of benzene rings is 1. The molecule has 3 aromatic rings. The van der Waals surface area contributed by atoms with Crippen LogP contribution in [0.1, 0.15) is 11.1 Å². The molecular weight excluding hydrogens is 342 g/mol. The number of carbonyl (C=O) groups is 1. The first-order valence-electron chi connectivity index (χ1n) is 8.76. The van der Waals surface area contributed by atoms with Crippen molar-refractivity contribution in [1.29, 1.82) is 0 Å². The zero-order valence-electron chi connectivity index (χ0n) is 15.5.